The van der Waals surface area contributed by atoms with E-state index < -0.39 is 0 Å². The normalized spacial score (nSPS) is 24.3. The third kappa shape index (κ3) is 2.52. The topological polar surface area (TPSA) is 50.2 Å². The molecule has 0 radical (unpaired) electrons. The quantitative estimate of drug-likeness (QED) is 0.920. The van der Waals surface area contributed by atoms with Gasteiger partial charge in [-0.15, -0.1) is 0 Å². The highest BCUT2D eigenvalue weighted by Crippen LogP contribution is 2.21. The third-order valence-electron chi connectivity index (χ3n) is 4.69. The molecule has 1 aromatic carbocycles. The number of nitrogens with one attached hydrogen (secondary N) is 1. The summed E-state index contributed by atoms with van der Waals surface area (Å²) in [6.07, 6.45) is 7.15. The predicted octanol–water partition coefficient (Wildman–Crippen LogP) is 1.84. The minimum Gasteiger partial charge on any atom is -0.337 e. The van der Waals surface area contributed by atoms with Gasteiger partial charge in [0, 0.05) is 43.1 Å². The molecule has 2 fully saturated rings. The Balaban J connectivity index is 1.50. The lowest BCUT2D eigenvalue weighted by Crippen LogP contribution is -2.39. The van der Waals surface area contributed by atoms with Crippen LogP contribution in [0, 0.1) is 0 Å². The van der Waals surface area contributed by atoms with Gasteiger partial charge in [-0.25, -0.2) is 4.68 Å². The zero-order valence-electron chi connectivity index (χ0n) is 12.5. The van der Waals surface area contributed by atoms with E-state index in [4.69, 9.17) is 0 Å². The zero-order chi connectivity index (χ0) is 14.9. The number of carbonyl (C=O) groups excluding carboxylic acids is 1. The van der Waals surface area contributed by atoms with Crippen molar-refractivity contribution < 1.29 is 4.79 Å². The van der Waals surface area contributed by atoms with E-state index in [1.807, 2.05) is 41.4 Å². The summed E-state index contributed by atoms with van der Waals surface area (Å²) in [5.74, 6) is 0.140. The van der Waals surface area contributed by atoms with E-state index in [0.717, 1.165) is 30.8 Å². The minimum atomic E-state index is 0.140. The Labute approximate surface area is 129 Å². The Kier molecular flexibility index (Phi) is 3.42. The van der Waals surface area contributed by atoms with Crippen LogP contribution in [0.5, 0.6) is 0 Å². The fourth-order valence-electron chi connectivity index (χ4n) is 3.49. The summed E-state index contributed by atoms with van der Waals surface area (Å²) in [5, 5.41) is 7.81. The first-order chi connectivity index (χ1) is 10.8. The maximum atomic E-state index is 12.7. The Morgan fingerprint density at radius 3 is 2.73 bits per heavy atom. The molecule has 1 aromatic heterocycles. The molecular weight excluding hydrogens is 276 g/mol. The number of fused-ring (bicyclic) bond motifs is 2. The Hall–Kier alpha value is -2.14. The van der Waals surface area contributed by atoms with E-state index in [-0.39, 0.29) is 5.91 Å². The van der Waals surface area contributed by atoms with Crippen molar-refractivity contribution in [3.8, 4) is 5.69 Å². The molecule has 0 saturated carbocycles. The van der Waals surface area contributed by atoms with Gasteiger partial charge in [0.15, 0.2) is 0 Å². The average molecular weight is 296 g/mol. The molecule has 1 amide bonds. The number of benzene rings is 1. The van der Waals surface area contributed by atoms with Crippen LogP contribution >= 0.6 is 0 Å². The van der Waals surface area contributed by atoms with Gasteiger partial charge in [-0.05, 0) is 49.6 Å². The summed E-state index contributed by atoms with van der Waals surface area (Å²) in [5.41, 5.74) is 1.73. The molecule has 2 unspecified atom stereocenters. The zero-order valence-corrected chi connectivity index (χ0v) is 12.5. The molecule has 2 atom stereocenters. The fourth-order valence-corrected chi connectivity index (χ4v) is 3.49. The van der Waals surface area contributed by atoms with E-state index >= 15 is 0 Å². The second kappa shape index (κ2) is 5.57. The van der Waals surface area contributed by atoms with Crippen molar-refractivity contribution in [1.29, 1.82) is 0 Å². The number of aromatic nitrogens is 2. The van der Waals surface area contributed by atoms with Crippen LogP contribution in [-0.2, 0) is 0 Å². The number of hydrogen-bond donors (Lipinski definition) is 1. The summed E-state index contributed by atoms with van der Waals surface area (Å²) >= 11 is 0. The molecule has 3 heterocycles. The van der Waals surface area contributed by atoms with Gasteiger partial charge in [0.2, 0.25) is 0 Å². The van der Waals surface area contributed by atoms with Crippen LogP contribution < -0.4 is 5.32 Å². The van der Waals surface area contributed by atoms with Crippen molar-refractivity contribution in [3.05, 3.63) is 48.3 Å². The van der Waals surface area contributed by atoms with Crippen LogP contribution in [0.1, 0.15) is 29.6 Å². The van der Waals surface area contributed by atoms with Gasteiger partial charge >= 0.3 is 0 Å². The number of carbonyl (C=O) groups is 1. The highest BCUT2D eigenvalue weighted by molar-refractivity contribution is 5.94. The van der Waals surface area contributed by atoms with Crippen molar-refractivity contribution in [3.63, 3.8) is 0 Å². The minimum absolute atomic E-state index is 0.140. The molecule has 0 spiro atoms. The van der Waals surface area contributed by atoms with Crippen molar-refractivity contribution in [2.45, 2.75) is 31.3 Å². The van der Waals surface area contributed by atoms with Gasteiger partial charge in [-0.3, -0.25) is 4.79 Å². The standard InChI is InChI=1S/C17H20N4O/c22-17(20-11-8-14-4-5-15(12-20)19-14)13-2-6-16(7-3-13)21-10-1-9-18-21/h1-3,6-7,9-10,14-15,19H,4-5,8,11-12H2. The molecule has 2 saturated heterocycles. The molecule has 2 aromatic rings. The van der Waals surface area contributed by atoms with Crippen LogP contribution in [-0.4, -0.2) is 45.8 Å². The molecule has 114 valence electrons. The first-order valence-corrected chi connectivity index (χ1v) is 7.95. The molecule has 5 nitrogen and oxygen atoms in total. The number of rotatable bonds is 2. The molecule has 1 N–H and O–H groups in total. The van der Waals surface area contributed by atoms with Gasteiger partial charge in [-0.1, -0.05) is 0 Å². The second-order valence-electron chi connectivity index (χ2n) is 6.18. The maximum absolute atomic E-state index is 12.7. The van der Waals surface area contributed by atoms with Crippen molar-refractivity contribution in [1.82, 2.24) is 20.0 Å². The second-order valence-corrected chi connectivity index (χ2v) is 6.18. The third-order valence-corrected chi connectivity index (χ3v) is 4.69. The Bertz CT molecular complexity index is 650. The number of nitrogens with zero attached hydrogens (tertiary/aromatic N) is 3. The molecule has 5 heteroatoms. The van der Waals surface area contributed by atoms with E-state index in [9.17, 15) is 4.79 Å². The highest BCUT2D eigenvalue weighted by atomic mass is 16.2. The van der Waals surface area contributed by atoms with E-state index in [1.165, 1.54) is 12.8 Å². The Morgan fingerprint density at radius 1 is 1.14 bits per heavy atom. The maximum Gasteiger partial charge on any atom is 0.253 e. The average Bonchev–Trinajstić information content (AvgIpc) is 3.17. The molecule has 2 aliphatic heterocycles. The van der Waals surface area contributed by atoms with E-state index in [2.05, 4.69) is 10.4 Å². The molecule has 22 heavy (non-hydrogen) atoms. The van der Waals surface area contributed by atoms with Crippen LogP contribution in [0.2, 0.25) is 0 Å². The van der Waals surface area contributed by atoms with Crippen LogP contribution in [0.15, 0.2) is 42.7 Å². The number of hydrogen-bond acceptors (Lipinski definition) is 3. The lowest BCUT2D eigenvalue weighted by Gasteiger charge is -2.24. The van der Waals surface area contributed by atoms with Crippen LogP contribution in [0.4, 0.5) is 0 Å². The van der Waals surface area contributed by atoms with Gasteiger partial charge < -0.3 is 10.2 Å². The largest absolute Gasteiger partial charge is 0.337 e. The van der Waals surface area contributed by atoms with Crippen molar-refractivity contribution in [2.24, 2.45) is 0 Å². The van der Waals surface area contributed by atoms with Gasteiger partial charge in [-0.2, -0.15) is 5.10 Å². The van der Waals surface area contributed by atoms with Gasteiger partial charge in [0.25, 0.3) is 5.91 Å². The smallest absolute Gasteiger partial charge is 0.253 e. The summed E-state index contributed by atoms with van der Waals surface area (Å²) < 4.78 is 1.79. The first kappa shape index (κ1) is 13.5. The number of likely N-dealkylation sites (tertiary alicyclic amines) is 1. The SMILES string of the molecule is O=C(c1ccc(-n2cccn2)cc1)N1CCC2CCC(C1)N2. The fraction of sp³-hybridized carbons (Fsp3) is 0.412. The van der Waals surface area contributed by atoms with Gasteiger partial charge in [0.1, 0.15) is 0 Å². The monoisotopic (exact) mass is 296 g/mol. The number of amides is 1. The predicted molar refractivity (Wildman–Crippen MR) is 84.0 cm³/mol. The van der Waals surface area contributed by atoms with Crippen LogP contribution in [0.25, 0.3) is 5.69 Å². The van der Waals surface area contributed by atoms with E-state index in [1.54, 1.807) is 10.9 Å². The summed E-state index contributed by atoms with van der Waals surface area (Å²) in [6.45, 7) is 1.68. The van der Waals surface area contributed by atoms with Gasteiger partial charge in [0.05, 0.1) is 5.69 Å². The highest BCUT2D eigenvalue weighted by Gasteiger charge is 2.31. The molecule has 0 aliphatic carbocycles. The van der Waals surface area contributed by atoms with E-state index in [0.29, 0.717) is 12.1 Å². The lowest BCUT2D eigenvalue weighted by atomic mass is 10.1. The molecular formula is C17H20N4O. The first-order valence-electron chi connectivity index (χ1n) is 7.95. The lowest BCUT2D eigenvalue weighted by molar-refractivity contribution is 0.0748. The summed E-state index contributed by atoms with van der Waals surface area (Å²) in [6, 6.07) is 10.7. The summed E-state index contributed by atoms with van der Waals surface area (Å²) in [4.78, 5) is 14.7. The van der Waals surface area contributed by atoms with Crippen molar-refractivity contribution in [2.75, 3.05) is 13.1 Å². The molecule has 2 bridgehead atoms. The molecule has 4 rings (SSSR count). The van der Waals surface area contributed by atoms with Crippen LogP contribution in [0.3, 0.4) is 0 Å². The summed E-state index contributed by atoms with van der Waals surface area (Å²) in [7, 11) is 0. The molecule has 2 aliphatic rings. The Morgan fingerprint density at radius 2 is 1.95 bits per heavy atom. The van der Waals surface area contributed by atoms with Crippen molar-refractivity contribution >= 4 is 5.91 Å².